The number of hydrogen-bond donors (Lipinski definition) is 0. The standard InChI is InChI=1S/C17H20N2O2S/c1-18-6-12-7-19(8-13(18)10-21-9-12)17(20)15-11-22-16-5-3-2-4-14(15)16/h2-5,11-13H,6-10H2,1H3/t12-,13+/m1/s1. The number of nitrogens with zero attached hydrogens (tertiary/aromatic N) is 2. The summed E-state index contributed by atoms with van der Waals surface area (Å²) in [6, 6.07) is 8.46. The maximum atomic E-state index is 13.0. The summed E-state index contributed by atoms with van der Waals surface area (Å²) in [4.78, 5) is 17.4. The Hall–Kier alpha value is -1.43. The van der Waals surface area contributed by atoms with E-state index in [-0.39, 0.29) is 5.91 Å². The topological polar surface area (TPSA) is 32.8 Å². The molecule has 0 saturated carbocycles. The van der Waals surface area contributed by atoms with Crippen molar-refractivity contribution in [2.45, 2.75) is 6.04 Å². The molecule has 0 aliphatic carbocycles. The summed E-state index contributed by atoms with van der Waals surface area (Å²) in [5.41, 5.74) is 0.851. The Balaban J connectivity index is 1.65. The van der Waals surface area contributed by atoms with E-state index in [2.05, 4.69) is 18.0 Å². The number of carbonyl (C=O) groups is 1. The highest BCUT2D eigenvalue weighted by Crippen LogP contribution is 2.28. The molecule has 5 heteroatoms. The van der Waals surface area contributed by atoms with Crippen molar-refractivity contribution in [3.63, 3.8) is 0 Å². The van der Waals surface area contributed by atoms with Crippen molar-refractivity contribution >= 4 is 27.3 Å². The van der Waals surface area contributed by atoms with Gasteiger partial charge < -0.3 is 9.64 Å². The lowest BCUT2D eigenvalue weighted by Crippen LogP contribution is -2.44. The monoisotopic (exact) mass is 316 g/mol. The molecule has 4 nitrogen and oxygen atoms in total. The molecule has 2 aliphatic rings. The van der Waals surface area contributed by atoms with Crippen molar-refractivity contribution in [3.05, 3.63) is 35.2 Å². The highest BCUT2D eigenvalue weighted by atomic mass is 32.1. The largest absolute Gasteiger partial charge is 0.379 e. The third kappa shape index (κ3) is 2.43. The number of fused-ring (bicyclic) bond motifs is 4. The first kappa shape index (κ1) is 14.2. The van der Waals surface area contributed by atoms with Crippen LogP contribution in [0.2, 0.25) is 0 Å². The maximum absolute atomic E-state index is 13.0. The van der Waals surface area contributed by atoms with Gasteiger partial charge >= 0.3 is 0 Å². The minimum atomic E-state index is 0.171. The van der Waals surface area contributed by atoms with Crippen LogP contribution in [-0.2, 0) is 4.74 Å². The molecule has 2 atom stereocenters. The second kappa shape index (κ2) is 5.65. The van der Waals surface area contributed by atoms with Crippen LogP contribution in [0, 0.1) is 5.92 Å². The van der Waals surface area contributed by atoms with Crippen LogP contribution in [0.25, 0.3) is 10.1 Å². The average molecular weight is 316 g/mol. The number of amides is 1. The number of ether oxygens (including phenoxy) is 1. The van der Waals surface area contributed by atoms with Crippen LogP contribution in [-0.4, -0.2) is 61.6 Å². The first-order chi connectivity index (χ1) is 10.7. The van der Waals surface area contributed by atoms with Crippen molar-refractivity contribution in [2.24, 2.45) is 5.92 Å². The van der Waals surface area contributed by atoms with Gasteiger partial charge in [0.05, 0.1) is 24.8 Å². The summed E-state index contributed by atoms with van der Waals surface area (Å²) in [6.45, 7) is 4.05. The van der Waals surface area contributed by atoms with Crippen molar-refractivity contribution < 1.29 is 9.53 Å². The fraction of sp³-hybridized carbons (Fsp3) is 0.471. The van der Waals surface area contributed by atoms with Gasteiger partial charge in [-0.25, -0.2) is 0 Å². The molecule has 2 aliphatic heterocycles. The fourth-order valence-electron chi connectivity index (χ4n) is 3.53. The fourth-order valence-corrected chi connectivity index (χ4v) is 4.46. The highest BCUT2D eigenvalue weighted by molar-refractivity contribution is 7.17. The normalized spacial score (nSPS) is 26.1. The van der Waals surface area contributed by atoms with Crippen LogP contribution in [0.3, 0.4) is 0 Å². The second-order valence-corrected chi connectivity index (χ2v) is 7.26. The quantitative estimate of drug-likeness (QED) is 0.809. The highest BCUT2D eigenvalue weighted by Gasteiger charge is 2.34. The van der Waals surface area contributed by atoms with Gasteiger partial charge in [0.2, 0.25) is 0 Å². The van der Waals surface area contributed by atoms with E-state index < -0.39 is 0 Å². The molecule has 1 aromatic carbocycles. The number of rotatable bonds is 1. The van der Waals surface area contributed by atoms with E-state index >= 15 is 0 Å². The Morgan fingerprint density at radius 1 is 1.23 bits per heavy atom. The number of likely N-dealkylation sites (N-methyl/N-ethyl adjacent to an activating group) is 1. The zero-order valence-corrected chi connectivity index (χ0v) is 13.5. The lowest BCUT2D eigenvalue weighted by Gasteiger charge is -2.29. The number of thiophene rings is 1. The number of benzene rings is 1. The van der Waals surface area contributed by atoms with Gasteiger partial charge in [0, 0.05) is 41.0 Å². The van der Waals surface area contributed by atoms with Crippen LogP contribution in [0.1, 0.15) is 10.4 Å². The molecule has 0 unspecified atom stereocenters. The Morgan fingerprint density at radius 3 is 3.00 bits per heavy atom. The predicted octanol–water partition coefficient (Wildman–Crippen LogP) is 2.30. The second-order valence-electron chi connectivity index (χ2n) is 6.35. The molecule has 4 rings (SSSR count). The zero-order valence-electron chi connectivity index (χ0n) is 12.7. The molecule has 3 heterocycles. The molecule has 1 amide bonds. The van der Waals surface area contributed by atoms with Crippen molar-refractivity contribution in [2.75, 3.05) is 39.9 Å². The molecule has 2 saturated heterocycles. The minimum absolute atomic E-state index is 0.171. The molecule has 116 valence electrons. The molecular formula is C17H20N2O2S. The Morgan fingerprint density at radius 2 is 2.09 bits per heavy atom. The molecule has 2 fully saturated rings. The van der Waals surface area contributed by atoms with E-state index in [4.69, 9.17) is 4.74 Å². The van der Waals surface area contributed by atoms with E-state index in [0.717, 1.165) is 43.8 Å². The van der Waals surface area contributed by atoms with Crippen LogP contribution >= 0.6 is 11.3 Å². The molecule has 0 radical (unpaired) electrons. The Labute approximate surface area is 134 Å². The van der Waals surface area contributed by atoms with Gasteiger partial charge in [-0.15, -0.1) is 11.3 Å². The van der Waals surface area contributed by atoms with Crippen LogP contribution in [0.4, 0.5) is 0 Å². The molecule has 2 aromatic rings. The zero-order chi connectivity index (χ0) is 15.1. The predicted molar refractivity (Wildman–Crippen MR) is 88.5 cm³/mol. The number of carbonyl (C=O) groups excluding carboxylic acids is 1. The number of hydrogen-bond acceptors (Lipinski definition) is 4. The molecule has 2 bridgehead atoms. The smallest absolute Gasteiger partial charge is 0.255 e. The lowest BCUT2D eigenvalue weighted by atomic mass is 10.1. The third-order valence-corrected chi connectivity index (χ3v) is 5.71. The van der Waals surface area contributed by atoms with Crippen LogP contribution < -0.4 is 0 Å². The maximum Gasteiger partial charge on any atom is 0.255 e. The van der Waals surface area contributed by atoms with Crippen LogP contribution in [0.5, 0.6) is 0 Å². The van der Waals surface area contributed by atoms with Gasteiger partial charge in [-0.1, -0.05) is 18.2 Å². The summed E-state index contributed by atoms with van der Waals surface area (Å²) in [5, 5.41) is 3.09. The lowest BCUT2D eigenvalue weighted by molar-refractivity contribution is 0.0435. The summed E-state index contributed by atoms with van der Waals surface area (Å²) in [6.07, 6.45) is 0. The molecule has 0 spiro atoms. The van der Waals surface area contributed by atoms with Crippen LogP contribution in [0.15, 0.2) is 29.6 Å². The summed E-state index contributed by atoms with van der Waals surface area (Å²) in [5.74, 6) is 0.580. The molecular weight excluding hydrogens is 296 g/mol. The molecule has 22 heavy (non-hydrogen) atoms. The van der Waals surface area contributed by atoms with Gasteiger partial charge in [0.15, 0.2) is 0 Å². The van der Waals surface area contributed by atoms with Gasteiger partial charge in [-0.2, -0.15) is 0 Å². The van der Waals surface area contributed by atoms with Gasteiger partial charge in [0.25, 0.3) is 5.91 Å². The van der Waals surface area contributed by atoms with Gasteiger partial charge in [0.1, 0.15) is 0 Å². The van der Waals surface area contributed by atoms with Gasteiger partial charge in [-0.05, 0) is 13.1 Å². The Bertz CT molecular complexity index is 699. The summed E-state index contributed by atoms with van der Waals surface area (Å²) >= 11 is 1.65. The molecule has 1 aromatic heterocycles. The average Bonchev–Trinajstić information content (AvgIpc) is 2.76. The van der Waals surface area contributed by atoms with E-state index in [1.54, 1.807) is 11.3 Å². The van der Waals surface area contributed by atoms with Crippen molar-refractivity contribution in [1.82, 2.24) is 9.80 Å². The molecule has 0 N–H and O–H groups in total. The van der Waals surface area contributed by atoms with Crippen molar-refractivity contribution in [3.8, 4) is 0 Å². The summed E-state index contributed by atoms with van der Waals surface area (Å²) < 4.78 is 6.93. The first-order valence-electron chi connectivity index (χ1n) is 7.76. The van der Waals surface area contributed by atoms with Crippen molar-refractivity contribution in [1.29, 1.82) is 0 Å². The van der Waals surface area contributed by atoms with Gasteiger partial charge in [-0.3, -0.25) is 9.69 Å². The SMILES string of the molecule is CN1C[C@H]2COC[C@@H]1CN(C(=O)c1csc3ccccc13)C2. The minimum Gasteiger partial charge on any atom is -0.379 e. The van der Waals surface area contributed by atoms with E-state index in [1.807, 2.05) is 28.5 Å². The van der Waals surface area contributed by atoms with E-state index in [0.29, 0.717) is 12.0 Å². The van der Waals surface area contributed by atoms with E-state index in [9.17, 15) is 4.79 Å². The van der Waals surface area contributed by atoms with E-state index in [1.165, 1.54) is 4.70 Å². The Kier molecular flexibility index (Phi) is 3.64. The third-order valence-electron chi connectivity index (χ3n) is 4.74. The first-order valence-corrected chi connectivity index (χ1v) is 8.64. The summed E-state index contributed by atoms with van der Waals surface area (Å²) in [7, 11) is 2.14.